The molecule has 0 radical (unpaired) electrons. The number of amides is 1. The van der Waals surface area contributed by atoms with Gasteiger partial charge in [-0.25, -0.2) is 13.4 Å². The van der Waals surface area contributed by atoms with Crippen molar-refractivity contribution in [2.45, 2.75) is 18.2 Å². The highest BCUT2D eigenvalue weighted by Crippen LogP contribution is 2.34. The summed E-state index contributed by atoms with van der Waals surface area (Å²) in [6, 6.07) is 2.95. The number of aromatic nitrogens is 1. The summed E-state index contributed by atoms with van der Waals surface area (Å²) in [7, 11) is -2.17. The van der Waals surface area contributed by atoms with Gasteiger partial charge < -0.3 is 11.1 Å². The molecule has 1 fully saturated rings. The van der Waals surface area contributed by atoms with E-state index in [1.807, 2.05) is 0 Å². The zero-order valence-corrected chi connectivity index (χ0v) is 12.3. The first-order valence-corrected chi connectivity index (χ1v) is 7.68. The van der Waals surface area contributed by atoms with Crippen LogP contribution in [0, 0.1) is 5.41 Å². The van der Waals surface area contributed by atoms with Gasteiger partial charge >= 0.3 is 0 Å². The third-order valence-electron chi connectivity index (χ3n) is 3.63. The Balaban J connectivity index is 2.30. The number of nitrogens with two attached hydrogens (primary N) is 1. The molecule has 1 amide bonds. The van der Waals surface area contributed by atoms with Crippen LogP contribution in [-0.2, 0) is 14.8 Å². The second-order valence-corrected chi connectivity index (χ2v) is 7.02. The van der Waals surface area contributed by atoms with E-state index in [9.17, 15) is 13.2 Å². The number of hydrogen-bond acceptors (Lipinski definition) is 5. The molecule has 0 aromatic carbocycles. The Kier molecular flexibility index (Phi) is 3.70. The van der Waals surface area contributed by atoms with Crippen molar-refractivity contribution < 1.29 is 13.2 Å². The number of rotatable bonds is 3. The Bertz CT molecular complexity index is 631. The minimum absolute atomic E-state index is 0.0128. The summed E-state index contributed by atoms with van der Waals surface area (Å²) < 4.78 is 26.3. The molecule has 0 bridgehead atoms. The fourth-order valence-electron chi connectivity index (χ4n) is 2.37. The summed E-state index contributed by atoms with van der Waals surface area (Å²) in [5.41, 5.74) is 4.92. The van der Waals surface area contributed by atoms with E-state index in [1.165, 1.54) is 22.6 Å². The van der Waals surface area contributed by atoms with E-state index in [-0.39, 0.29) is 23.2 Å². The second-order valence-electron chi connectivity index (χ2n) is 5.12. The number of nitrogens with one attached hydrogen (secondary N) is 1. The van der Waals surface area contributed by atoms with Crippen molar-refractivity contribution in [1.29, 1.82) is 0 Å². The Morgan fingerprint density at radius 3 is 2.85 bits per heavy atom. The van der Waals surface area contributed by atoms with Crippen LogP contribution in [0.5, 0.6) is 0 Å². The first-order chi connectivity index (χ1) is 9.31. The Labute approximate surface area is 118 Å². The van der Waals surface area contributed by atoms with Gasteiger partial charge in [-0.15, -0.1) is 0 Å². The molecule has 2 rings (SSSR count). The lowest BCUT2D eigenvalue weighted by molar-refractivity contribution is -0.128. The van der Waals surface area contributed by atoms with E-state index in [4.69, 9.17) is 5.73 Å². The Hall–Kier alpha value is -1.67. The molecule has 20 heavy (non-hydrogen) atoms. The molecular formula is C12H18N4O3S. The van der Waals surface area contributed by atoms with Crippen molar-refractivity contribution in [3.05, 3.63) is 18.3 Å². The van der Waals surface area contributed by atoms with Gasteiger partial charge in [-0.3, -0.25) is 4.79 Å². The van der Waals surface area contributed by atoms with Crippen LogP contribution < -0.4 is 11.1 Å². The van der Waals surface area contributed by atoms with Gasteiger partial charge in [0.05, 0.1) is 5.41 Å². The molecule has 0 saturated carbocycles. The molecule has 110 valence electrons. The average molecular weight is 298 g/mol. The summed E-state index contributed by atoms with van der Waals surface area (Å²) in [5, 5.41) is 2.57. The molecule has 8 heteroatoms. The number of sulfonamides is 1. The molecule has 0 spiro atoms. The fourth-order valence-corrected chi connectivity index (χ4v) is 4.00. The first-order valence-electron chi connectivity index (χ1n) is 6.24. The molecule has 1 aliphatic heterocycles. The van der Waals surface area contributed by atoms with Crippen molar-refractivity contribution in [2.24, 2.45) is 5.41 Å². The summed E-state index contributed by atoms with van der Waals surface area (Å²) in [5.74, 6) is -0.185. The maximum atomic E-state index is 12.5. The van der Waals surface area contributed by atoms with E-state index in [0.29, 0.717) is 13.0 Å². The molecule has 1 aromatic rings. The van der Waals surface area contributed by atoms with Gasteiger partial charge in [-0.2, -0.15) is 4.31 Å². The van der Waals surface area contributed by atoms with E-state index >= 15 is 0 Å². The standard InChI is InChI=1S/C12H18N4O3S/c1-12(11(17)14-2)5-7-16(8-12)20(18,19)9-4-3-6-15-10(9)13/h3-4,6H,5,7-8H2,1-2H3,(H2,13,15)(H,14,17). The Morgan fingerprint density at radius 1 is 1.55 bits per heavy atom. The topological polar surface area (TPSA) is 105 Å². The maximum absolute atomic E-state index is 12.5. The smallest absolute Gasteiger partial charge is 0.246 e. The van der Waals surface area contributed by atoms with Gasteiger partial charge in [0.2, 0.25) is 15.9 Å². The van der Waals surface area contributed by atoms with Crippen LogP contribution in [0.3, 0.4) is 0 Å². The van der Waals surface area contributed by atoms with Gasteiger partial charge in [0, 0.05) is 26.3 Å². The minimum atomic E-state index is -3.72. The molecule has 1 aromatic heterocycles. The van der Waals surface area contributed by atoms with Crippen LogP contribution in [-0.4, -0.2) is 43.8 Å². The summed E-state index contributed by atoms with van der Waals surface area (Å²) in [4.78, 5) is 15.6. The van der Waals surface area contributed by atoms with Crippen molar-refractivity contribution in [3.63, 3.8) is 0 Å². The molecule has 1 unspecified atom stereocenters. The molecule has 1 saturated heterocycles. The number of anilines is 1. The zero-order valence-electron chi connectivity index (χ0n) is 11.5. The van der Waals surface area contributed by atoms with Crippen LogP contribution in [0.4, 0.5) is 5.82 Å². The number of carbonyl (C=O) groups is 1. The molecule has 0 aliphatic carbocycles. The van der Waals surface area contributed by atoms with Crippen LogP contribution in [0.1, 0.15) is 13.3 Å². The van der Waals surface area contributed by atoms with Crippen molar-refractivity contribution in [1.82, 2.24) is 14.6 Å². The van der Waals surface area contributed by atoms with Crippen LogP contribution in [0.15, 0.2) is 23.2 Å². The van der Waals surface area contributed by atoms with E-state index < -0.39 is 15.4 Å². The van der Waals surface area contributed by atoms with Crippen LogP contribution in [0.2, 0.25) is 0 Å². The highest BCUT2D eigenvalue weighted by Gasteiger charge is 2.44. The maximum Gasteiger partial charge on any atom is 0.246 e. The number of nitrogens with zero attached hydrogens (tertiary/aromatic N) is 2. The molecule has 1 aliphatic rings. The normalized spacial score (nSPS) is 23.7. The summed E-state index contributed by atoms with van der Waals surface area (Å²) in [6.45, 7) is 2.19. The predicted octanol–water partition coefficient (Wildman–Crippen LogP) is -0.189. The highest BCUT2D eigenvalue weighted by molar-refractivity contribution is 7.89. The minimum Gasteiger partial charge on any atom is -0.383 e. The van der Waals surface area contributed by atoms with Crippen molar-refractivity contribution >= 4 is 21.7 Å². The summed E-state index contributed by atoms with van der Waals surface area (Å²) >= 11 is 0. The second kappa shape index (κ2) is 5.02. The van der Waals surface area contributed by atoms with E-state index in [0.717, 1.165) is 0 Å². The van der Waals surface area contributed by atoms with E-state index in [2.05, 4.69) is 10.3 Å². The third kappa shape index (κ3) is 2.36. The third-order valence-corrected chi connectivity index (χ3v) is 5.52. The number of pyridine rings is 1. The molecule has 3 N–H and O–H groups in total. The lowest BCUT2D eigenvalue weighted by atomic mass is 9.89. The molecule has 7 nitrogen and oxygen atoms in total. The number of carbonyl (C=O) groups excluding carboxylic acids is 1. The monoisotopic (exact) mass is 298 g/mol. The van der Waals surface area contributed by atoms with Gasteiger partial charge in [-0.05, 0) is 25.5 Å². The quantitative estimate of drug-likeness (QED) is 0.804. The molecule has 2 heterocycles. The lowest BCUT2D eigenvalue weighted by Crippen LogP contribution is -2.40. The molecule has 1 atom stereocenters. The highest BCUT2D eigenvalue weighted by atomic mass is 32.2. The van der Waals surface area contributed by atoms with Gasteiger partial charge in [-0.1, -0.05) is 0 Å². The van der Waals surface area contributed by atoms with Crippen LogP contribution in [0.25, 0.3) is 0 Å². The number of nitrogen functional groups attached to an aromatic ring is 1. The number of hydrogen-bond donors (Lipinski definition) is 2. The molecular weight excluding hydrogens is 280 g/mol. The average Bonchev–Trinajstić information content (AvgIpc) is 2.83. The van der Waals surface area contributed by atoms with Crippen LogP contribution >= 0.6 is 0 Å². The fraction of sp³-hybridized carbons (Fsp3) is 0.500. The largest absolute Gasteiger partial charge is 0.383 e. The van der Waals surface area contributed by atoms with Crippen molar-refractivity contribution in [2.75, 3.05) is 25.9 Å². The van der Waals surface area contributed by atoms with Gasteiger partial charge in [0.25, 0.3) is 0 Å². The predicted molar refractivity (Wildman–Crippen MR) is 74.2 cm³/mol. The Morgan fingerprint density at radius 2 is 2.25 bits per heavy atom. The van der Waals surface area contributed by atoms with Crippen molar-refractivity contribution in [3.8, 4) is 0 Å². The lowest BCUT2D eigenvalue weighted by Gasteiger charge is -2.22. The van der Waals surface area contributed by atoms with Gasteiger partial charge in [0.1, 0.15) is 10.7 Å². The SMILES string of the molecule is CNC(=O)C1(C)CCN(S(=O)(=O)c2cccnc2N)C1. The zero-order chi connectivity index (χ0) is 15.0. The first kappa shape index (κ1) is 14.7. The van der Waals surface area contributed by atoms with E-state index in [1.54, 1.807) is 14.0 Å². The summed E-state index contributed by atoms with van der Waals surface area (Å²) in [6.07, 6.45) is 1.92. The van der Waals surface area contributed by atoms with Gasteiger partial charge in [0.15, 0.2) is 0 Å².